The molecule has 0 aliphatic heterocycles. The van der Waals surface area contributed by atoms with Crippen LogP contribution in [0.5, 0.6) is 5.75 Å². The molecule has 94 valence electrons. The number of ether oxygens (including phenoxy) is 1. The summed E-state index contributed by atoms with van der Waals surface area (Å²) in [6.07, 6.45) is -0.583. The first kappa shape index (κ1) is 13.4. The van der Waals surface area contributed by atoms with Crippen molar-refractivity contribution < 1.29 is 14.8 Å². The Balaban J connectivity index is 2.44. The van der Waals surface area contributed by atoms with E-state index in [0.717, 1.165) is 0 Å². The predicted octanol–water partition coefficient (Wildman–Crippen LogP) is 0.896. The van der Waals surface area contributed by atoms with E-state index in [1.165, 1.54) is 24.3 Å². The molecular formula is C11H16N2O4. The maximum Gasteiger partial charge on any atom is 0.269 e. The Hall–Kier alpha value is -1.66. The summed E-state index contributed by atoms with van der Waals surface area (Å²) < 4.78 is 5.30. The Morgan fingerprint density at radius 1 is 1.41 bits per heavy atom. The number of non-ortho nitro benzene ring substituents is 1. The molecule has 6 nitrogen and oxygen atoms in total. The van der Waals surface area contributed by atoms with Crippen LogP contribution in [-0.2, 0) is 0 Å². The van der Waals surface area contributed by atoms with Gasteiger partial charge in [-0.15, -0.1) is 0 Å². The number of benzene rings is 1. The zero-order chi connectivity index (χ0) is 12.8. The lowest BCUT2D eigenvalue weighted by molar-refractivity contribution is -0.384. The number of nitro groups is 1. The van der Waals surface area contributed by atoms with Gasteiger partial charge in [-0.1, -0.05) is 0 Å². The number of nitrogens with zero attached hydrogens (tertiary/aromatic N) is 2. The lowest BCUT2D eigenvalue weighted by atomic mass is 10.3. The Labute approximate surface area is 99.6 Å². The lowest BCUT2D eigenvalue weighted by Crippen LogP contribution is -2.30. The zero-order valence-corrected chi connectivity index (χ0v) is 9.87. The van der Waals surface area contributed by atoms with Gasteiger partial charge >= 0.3 is 0 Å². The number of aliphatic hydroxyl groups excluding tert-OH is 1. The largest absolute Gasteiger partial charge is 0.491 e. The second-order valence-corrected chi connectivity index (χ2v) is 3.98. The van der Waals surface area contributed by atoms with Gasteiger partial charge in [-0.25, -0.2) is 0 Å². The van der Waals surface area contributed by atoms with Crippen molar-refractivity contribution in [1.29, 1.82) is 0 Å². The standard InChI is InChI=1S/C11H16N2O4/c1-12(2)7-10(14)8-17-11-5-3-9(4-6-11)13(15)16/h3-6,10,14H,7-8H2,1-2H3/t10-/m0/s1. The average molecular weight is 240 g/mol. The molecule has 1 aromatic rings. The zero-order valence-electron chi connectivity index (χ0n) is 9.87. The summed E-state index contributed by atoms with van der Waals surface area (Å²) in [7, 11) is 3.71. The molecule has 1 atom stereocenters. The molecule has 0 aliphatic rings. The summed E-state index contributed by atoms with van der Waals surface area (Å²) in [5, 5.41) is 20.0. The van der Waals surface area contributed by atoms with Crippen LogP contribution in [0.4, 0.5) is 5.69 Å². The van der Waals surface area contributed by atoms with Gasteiger partial charge in [-0.05, 0) is 26.2 Å². The van der Waals surface area contributed by atoms with Crippen LogP contribution < -0.4 is 4.74 Å². The molecule has 0 fully saturated rings. The van der Waals surface area contributed by atoms with Gasteiger partial charge in [0.25, 0.3) is 5.69 Å². The van der Waals surface area contributed by atoms with Crippen LogP contribution in [0.25, 0.3) is 0 Å². The molecule has 17 heavy (non-hydrogen) atoms. The molecule has 0 spiro atoms. The minimum Gasteiger partial charge on any atom is -0.491 e. The van der Waals surface area contributed by atoms with Crippen molar-refractivity contribution in [3.05, 3.63) is 34.4 Å². The predicted molar refractivity (Wildman–Crippen MR) is 63.2 cm³/mol. The van der Waals surface area contributed by atoms with Crippen molar-refractivity contribution in [1.82, 2.24) is 4.90 Å². The number of likely N-dealkylation sites (N-methyl/N-ethyl adjacent to an activating group) is 1. The van der Waals surface area contributed by atoms with E-state index in [-0.39, 0.29) is 12.3 Å². The van der Waals surface area contributed by atoms with Crippen molar-refractivity contribution in [3.8, 4) is 5.75 Å². The highest BCUT2D eigenvalue weighted by molar-refractivity contribution is 5.35. The van der Waals surface area contributed by atoms with Gasteiger partial charge in [0.2, 0.25) is 0 Å². The highest BCUT2D eigenvalue weighted by Gasteiger charge is 2.08. The molecule has 0 saturated carbocycles. The van der Waals surface area contributed by atoms with E-state index in [1.54, 1.807) is 0 Å². The summed E-state index contributed by atoms with van der Waals surface area (Å²) >= 11 is 0. The summed E-state index contributed by atoms with van der Waals surface area (Å²) in [4.78, 5) is 11.8. The van der Waals surface area contributed by atoms with Crippen LogP contribution in [0, 0.1) is 10.1 Å². The third kappa shape index (κ3) is 4.80. The Morgan fingerprint density at radius 3 is 2.47 bits per heavy atom. The van der Waals surface area contributed by atoms with Crippen molar-refractivity contribution in [2.45, 2.75) is 6.10 Å². The fourth-order valence-electron chi connectivity index (χ4n) is 1.33. The summed E-state index contributed by atoms with van der Waals surface area (Å²) in [5.74, 6) is 0.508. The van der Waals surface area contributed by atoms with E-state index >= 15 is 0 Å². The Kier molecular flexibility index (Phi) is 4.86. The van der Waals surface area contributed by atoms with Crippen molar-refractivity contribution in [3.63, 3.8) is 0 Å². The molecule has 0 amide bonds. The SMILES string of the molecule is CN(C)C[C@H](O)COc1ccc([N+](=O)[O-])cc1. The fraction of sp³-hybridized carbons (Fsp3) is 0.455. The monoisotopic (exact) mass is 240 g/mol. The molecule has 1 N–H and O–H groups in total. The lowest BCUT2D eigenvalue weighted by Gasteiger charge is -2.16. The van der Waals surface area contributed by atoms with Gasteiger partial charge in [0.05, 0.1) is 4.92 Å². The van der Waals surface area contributed by atoms with Gasteiger partial charge in [0.15, 0.2) is 0 Å². The minimum absolute atomic E-state index is 0.0196. The Morgan fingerprint density at radius 2 is 2.00 bits per heavy atom. The molecule has 0 bridgehead atoms. The topological polar surface area (TPSA) is 75.8 Å². The van der Waals surface area contributed by atoms with E-state index in [9.17, 15) is 15.2 Å². The molecule has 0 aromatic heterocycles. The first-order valence-corrected chi connectivity index (χ1v) is 5.19. The third-order valence-corrected chi connectivity index (χ3v) is 2.07. The summed E-state index contributed by atoms with van der Waals surface area (Å²) in [6.45, 7) is 0.670. The van der Waals surface area contributed by atoms with Crippen LogP contribution in [0.2, 0.25) is 0 Å². The van der Waals surface area contributed by atoms with E-state index < -0.39 is 11.0 Å². The molecule has 1 aromatic carbocycles. The van der Waals surface area contributed by atoms with Crippen molar-refractivity contribution in [2.75, 3.05) is 27.2 Å². The van der Waals surface area contributed by atoms with Crippen LogP contribution in [0.15, 0.2) is 24.3 Å². The first-order chi connectivity index (χ1) is 7.99. The Bertz CT molecular complexity index is 364. The van der Waals surface area contributed by atoms with Crippen LogP contribution in [0.1, 0.15) is 0 Å². The highest BCUT2D eigenvalue weighted by Crippen LogP contribution is 2.17. The maximum atomic E-state index is 10.4. The number of aliphatic hydroxyl groups is 1. The molecule has 0 saturated heterocycles. The molecular weight excluding hydrogens is 224 g/mol. The van der Waals surface area contributed by atoms with Gasteiger partial charge in [-0.3, -0.25) is 10.1 Å². The highest BCUT2D eigenvalue weighted by atomic mass is 16.6. The van der Waals surface area contributed by atoms with Crippen molar-refractivity contribution in [2.24, 2.45) is 0 Å². The smallest absolute Gasteiger partial charge is 0.269 e. The van der Waals surface area contributed by atoms with E-state index in [2.05, 4.69) is 0 Å². The van der Waals surface area contributed by atoms with Crippen LogP contribution in [0.3, 0.4) is 0 Å². The van der Waals surface area contributed by atoms with E-state index in [0.29, 0.717) is 12.3 Å². The molecule has 6 heteroatoms. The third-order valence-electron chi connectivity index (χ3n) is 2.07. The van der Waals surface area contributed by atoms with Gasteiger partial charge in [0.1, 0.15) is 18.5 Å². The van der Waals surface area contributed by atoms with E-state index in [4.69, 9.17) is 4.74 Å². The second-order valence-electron chi connectivity index (χ2n) is 3.98. The van der Waals surface area contributed by atoms with E-state index in [1.807, 2.05) is 19.0 Å². The second kappa shape index (κ2) is 6.17. The number of rotatable bonds is 6. The minimum atomic E-state index is -0.583. The molecule has 0 heterocycles. The molecule has 0 unspecified atom stereocenters. The quantitative estimate of drug-likeness (QED) is 0.590. The maximum absolute atomic E-state index is 10.4. The number of hydrogen-bond acceptors (Lipinski definition) is 5. The van der Waals surface area contributed by atoms with Crippen molar-refractivity contribution >= 4 is 5.69 Å². The molecule has 0 aliphatic carbocycles. The average Bonchev–Trinajstić information content (AvgIpc) is 2.26. The van der Waals surface area contributed by atoms with Gasteiger partial charge < -0.3 is 14.7 Å². The van der Waals surface area contributed by atoms with Crippen LogP contribution in [-0.4, -0.2) is 48.3 Å². The van der Waals surface area contributed by atoms with Crippen LogP contribution >= 0.6 is 0 Å². The van der Waals surface area contributed by atoms with Gasteiger partial charge in [-0.2, -0.15) is 0 Å². The molecule has 1 rings (SSSR count). The fourth-order valence-corrected chi connectivity index (χ4v) is 1.33. The summed E-state index contributed by atoms with van der Waals surface area (Å²) in [6, 6.07) is 5.77. The van der Waals surface area contributed by atoms with Gasteiger partial charge in [0, 0.05) is 18.7 Å². The number of hydrogen-bond donors (Lipinski definition) is 1. The first-order valence-electron chi connectivity index (χ1n) is 5.19. The summed E-state index contributed by atoms with van der Waals surface area (Å²) in [5.41, 5.74) is 0.0196. The molecule has 0 radical (unpaired) electrons. The number of nitro benzene ring substituents is 1. The normalized spacial score (nSPS) is 12.5.